The average Bonchev–Trinajstić information content (AvgIpc) is 1.94. The lowest BCUT2D eigenvalue weighted by molar-refractivity contribution is 0.602. The van der Waals surface area contributed by atoms with Crippen molar-refractivity contribution < 1.29 is 8.42 Å². The fraction of sp³-hybridized carbons (Fsp3) is 0.143. The lowest BCUT2D eigenvalue weighted by atomic mass is 10.3. The van der Waals surface area contributed by atoms with Crippen LogP contribution in [0.3, 0.4) is 0 Å². The van der Waals surface area contributed by atoms with Crippen LogP contribution in [-0.2, 0) is 9.84 Å². The van der Waals surface area contributed by atoms with Gasteiger partial charge in [0.05, 0.1) is 20.6 Å². The minimum Gasteiger partial charge on any atom is -0.397 e. The number of anilines is 1. The molecule has 72 valence electrons. The van der Waals surface area contributed by atoms with Crippen LogP contribution in [0.5, 0.6) is 0 Å². The molecule has 1 aromatic carbocycles. The van der Waals surface area contributed by atoms with E-state index in [0.717, 1.165) is 6.26 Å². The second kappa shape index (κ2) is 3.36. The van der Waals surface area contributed by atoms with Gasteiger partial charge in [0.25, 0.3) is 0 Å². The lowest BCUT2D eigenvalue weighted by Gasteiger charge is -2.04. The predicted octanol–water partition coefficient (Wildman–Crippen LogP) is 1.98. The van der Waals surface area contributed by atoms with Gasteiger partial charge < -0.3 is 5.73 Å². The molecule has 0 aliphatic rings. The number of benzene rings is 1. The molecule has 1 rings (SSSR count). The van der Waals surface area contributed by atoms with Crippen LogP contribution in [-0.4, -0.2) is 14.7 Å². The minimum atomic E-state index is -3.34. The van der Waals surface area contributed by atoms with Crippen molar-refractivity contribution >= 4 is 38.7 Å². The Bertz CT molecular complexity index is 442. The molecule has 13 heavy (non-hydrogen) atoms. The van der Waals surface area contributed by atoms with E-state index in [0.29, 0.717) is 0 Å². The molecule has 0 saturated carbocycles. The molecule has 0 aromatic heterocycles. The van der Waals surface area contributed by atoms with Gasteiger partial charge in [-0.15, -0.1) is 0 Å². The topological polar surface area (TPSA) is 60.2 Å². The first-order valence-electron chi connectivity index (χ1n) is 3.27. The quantitative estimate of drug-likeness (QED) is 0.763. The summed E-state index contributed by atoms with van der Waals surface area (Å²) in [5.41, 5.74) is 5.63. The van der Waals surface area contributed by atoms with Crippen molar-refractivity contribution in [1.82, 2.24) is 0 Å². The summed E-state index contributed by atoms with van der Waals surface area (Å²) in [6.45, 7) is 0. The summed E-state index contributed by atoms with van der Waals surface area (Å²) in [5.74, 6) is 0. The first-order valence-corrected chi connectivity index (χ1v) is 5.91. The second-order valence-corrected chi connectivity index (χ2v) is 5.37. The molecule has 2 N–H and O–H groups in total. The molecule has 0 saturated heterocycles. The van der Waals surface area contributed by atoms with Gasteiger partial charge in [0.1, 0.15) is 0 Å². The summed E-state index contributed by atoms with van der Waals surface area (Å²) in [5, 5.41) is 0.333. The fourth-order valence-corrected chi connectivity index (χ4v) is 2.39. The van der Waals surface area contributed by atoms with Crippen LogP contribution < -0.4 is 5.73 Å². The second-order valence-electron chi connectivity index (χ2n) is 2.58. The molecule has 0 amide bonds. The van der Waals surface area contributed by atoms with Gasteiger partial charge in [0.15, 0.2) is 9.84 Å². The summed E-state index contributed by atoms with van der Waals surface area (Å²) in [6.07, 6.45) is 1.06. The van der Waals surface area contributed by atoms with E-state index in [1.165, 1.54) is 12.1 Å². The summed E-state index contributed by atoms with van der Waals surface area (Å²) in [4.78, 5) is -0.00364. The largest absolute Gasteiger partial charge is 0.397 e. The third-order valence-corrected chi connectivity index (χ3v) is 3.34. The van der Waals surface area contributed by atoms with E-state index in [-0.39, 0.29) is 20.6 Å². The first-order chi connectivity index (χ1) is 5.82. The fourth-order valence-electron chi connectivity index (χ4n) is 0.829. The van der Waals surface area contributed by atoms with Gasteiger partial charge in [-0.3, -0.25) is 0 Å². The van der Waals surface area contributed by atoms with Crippen molar-refractivity contribution in [2.24, 2.45) is 0 Å². The molecular weight excluding hydrogens is 233 g/mol. The van der Waals surface area contributed by atoms with Crippen molar-refractivity contribution in [3.8, 4) is 0 Å². The van der Waals surface area contributed by atoms with E-state index in [1.54, 1.807) is 0 Å². The molecule has 0 unspecified atom stereocenters. The van der Waals surface area contributed by atoms with Crippen molar-refractivity contribution in [3.63, 3.8) is 0 Å². The zero-order chi connectivity index (χ0) is 10.2. The Labute approximate surface area is 86.4 Å². The zero-order valence-electron chi connectivity index (χ0n) is 6.71. The summed E-state index contributed by atoms with van der Waals surface area (Å²) in [7, 11) is -3.34. The number of rotatable bonds is 1. The molecule has 0 fully saturated rings. The molecule has 0 atom stereocenters. The van der Waals surface area contributed by atoms with Crippen LogP contribution in [0.4, 0.5) is 5.69 Å². The number of halogens is 2. The van der Waals surface area contributed by atoms with Crippen molar-refractivity contribution in [3.05, 3.63) is 22.2 Å². The van der Waals surface area contributed by atoms with E-state index in [2.05, 4.69) is 0 Å². The van der Waals surface area contributed by atoms with Crippen molar-refractivity contribution in [1.29, 1.82) is 0 Å². The number of hydrogen-bond donors (Lipinski definition) is 1. The Morgan fingerprint density at radius 1 is 1.23 bits per heavy atom. The Balaban J connectivity index is 3.50. The molecular formula is C7H7Cl2NO2S. The number of hydrogen-bond acceptors (Lipinski definition) is 3. The van der Waals surface area contributed by atoms with Crippen LogP contribution in [0.1, 0.15) is 0 Å². The minimum absolute atomic E-state index is 0.00364. The summed E-state index contributed by atoms with van der Waals surface area (Å²) < 4.78 is 22.3. The standard InChI is InChI=1S/C7H7Cl2NO2S/c1-13(11,12)7-3-6(10)4(8)2-5(7)9/h2-3H,10H2,1H3. The average molecular weight is 240 g/mol. The molecule has 3 nitrogen and oxygen atoms in total. The van der Waals surface area contributed by atoms with Gasteiger partial charge in [-0.05, 0) is 12.1 Å². The van der Waals surface area contributed by atoms with E-state index in [4.69, 9.17) is 28.9 Å². The Morgan fingerprint density at radius 3 is 2.23 bits per heavy atom. The van der Waals surface area contributed by atoms with E-state index in [1.807, 2.05) is 0 Å². The van der Waals surface area contributed by atoms with Gasteiger partial charge in [0.2, 0.25) is 0 Å². The molecule has 0 aliphatic carbocycles. The molecule has 0 bridgehead atoms. The number of sulfone groups is 1. The molecule has 0 heterocycles. The Hall–Kier alpha value is -0.450. The Kier molecular flexibility index (Phi) is 2.75. The van der Waals surface area contributed by atoms with Crippen LogP contribution in [0, 0.1) is 0 Å². The van der Waals surface area contributed by atoms with Crippen molar-refractivity contribution in [2.45, 2.75) is 4.90 Å². The van der Waals surface area contributed by atoms with Gasteiger partial charge in [-0.2, -0.15) is 0 Å². The van der Waals surface area contributed by atoms with Gasteiger partial charge in [-0.1, -0.05) is 23.2 Å². The molecule has 6 heteroatoms. The van der Waals surface area contributed by atoms with Crippen molar-refractivity contribution in [2.75, 3.05) is 12.0 Å². The van der Waals surface area contributed by atoms with Crippen LogP contribution in [0.2, 0.25) is 10.0 Å². The highest BCUT2D eigenvalue weighted by atomic mass is 35.5. The van der Waals surface area contributed by atoms with E-state index < -0.39 is 9.84 Å². The van der Waals surface area contributed by atoms with E-state index in [9.17, 15) is 8.42 Å². The predicted molar refractivity (Wildman–Crippen MR) is 54.0 cm³/mol. The molecule has 0 aliphatic heterocycles. The molecule has 1 aromatic rings. The van der Waals surface area contributed by atoms with Gasteiger partial charge >= 0.3 is 0 Å². The SMILES string of the molecule is CS(=O)(=O)c1cc(N)c(Cl)cc1Cl. The summed E-state index contributed by atoms with van der Waals surface area (Å²) >= 11 is 11.3. The maximum atomic E-state index is 11.1. The highest BCUT2D eigenvalue weighted by Gasteiger charge is 2.14. The smallest absolute Gasteiger partial charge is 0.177 e. The Morgan fingerprint density at radius 2 is 1.77 bits per heavy atom. The summed E-state index contributed by atoms with van der Waals surface area (Å²) in [6, 6.07) is 2.56. The highest BCUT2D eigenvalue weighted by molar-refractivity contribution is 7.90. The van der Waals surface area contributed by atoms with Crippen LogP contribution in [0.25, 0.3) is 0 Å². The molecule has 0 spiro atoms. The maximum Gasteiger partial charge on any atom is 0.177 e. The zero-order valence-corrected chi connectivity index (χ0v) is 9.04. The van der Waals surface area contributed by atoms with Crippen LogP contribution in [0.15, 0.2) is 17.0 Å². The molecule has 0 radical (unpaired) electrons. The third kappa shape index (κ3) is 2.27. The van der Waals surface area contributed by atoms with Gasteiger partial charge in [-0.25, -0.2) is 8.42 Å². The monoisotopic (exact) mass is 239 g/mol. The van der Waals surface area contributed by atoms with E-state index >= 15 is 0 Å². The highest BCUT2D eigenvalue weighted by Crippen LogP contribution is 2.29. The van der Waals surface area contributed by atoms with Crippen LogP contribution >= 0.6 is 23.2 Å². The third-order valence-electron chi connectivity index (χ3n) is 1.45. The first kappa shape index (κ1) is 10.6. The normalized spacial score (nSPS) is 11.6. The number of nitrogens with two attached hydrogens (primary N) is 1. The lowest BCUT2D eigenvalue weighted by Crippen LogP contribution is -2.00. The van der Waals surface area contributed by atoms with Gasteiger partial charge in [0, 0.05) is 6.26 Å². The number of nitrogen functional groups attached to an aromatic ring is 1. The maximum absolute atomic E-state index is 11.1.